The number of likely N-dealkylation sites (N-methyl/N-ethyl adjacent to an activating group) is 1. The Hall–Kier alpha value is -1.26. The first-order valence-corrected chi connectivity index (χ1v) is 8.72. The van der Waals surface area contributed by atoms with Crippen molar-refractivity contribution < 1.29 is 9.53 Å². The van der Waals surface area contributed by atoms with E-state index in [2.05, 4.69) is 24.3 Å². The third-order valence-corrected chi connectivity index (χ3v) is 5.03. The van der Waals surface area contributed by atoms with Crippen LogP contribution in [-0.2, 0) is 4.79 Å². The highest BCUT2D eigenvalue weighted by Gasteiger charge is 2.33. The molecule has 1 fully saturated rings. The molecule has 1 amide bonds. The first-order chi connectivity index (χ1) is 11.0. The molecule has 0 bridgehead atoms. The second kappa shape index (κ2) is 8.55. The van der Waals surface area contributed by atoms with Gasteiger partial charge >= 0.3 is 0 Å². The van der Waals surface area contributed by atoms with Gasteiger partial charge in [0.1, 0.15) is 5.75 Å². The van der Waals surface area contributed by atoms with Gasteiger partial charge in [-0.2, -0.15) is 0 Å². The van der Waals surface area contributed by atoms with E-state index in [1.807, 2.05) is 0 Å². The minimum Gasteiger partial charge on any atom is -0.484 e. The molecule has 1 aliphatic carbocycles. The monoisotopic (exact) mass is 338 g/mol. The van der Waals surface area contributed by atoms with Gasteiger partial charge < -0.3 is 15.0 Å². The molecule has 0 saturated heterocycles. The third kappa shape index (κ3) is 5.40. The predicted molar refractivity (Wildman–Crippen MR) is 94.1 cm³/mol. The number of hydrogen-bond acceptors (Lipinski definition) is 3. The summed E-state index contributed by atoms with van der Waals surface area (Å²) in [5, 5.41) is 3.71. The van der Waals surface area contributed by atoms with Crippen molar-refractivity contribution in [1.29, 1.82) is 0 Å². The summed E-state index contributed by atoms with van der Waals surface area (Å²) < 4.78 is 5.50. The van der Waals surface area contributed by atoms with Crippen molar-refractivity contribution in [3.63, 3.8) is 0 Å². The van der Waals surface area contributed by atoms with Gasteiger partial charge in [-0.3, -0.25) is 4.79 Å². The fourth-order valence-corrected chi connectivity index (χ4v) is 3.29. The molecular formula is C18H27ClN2O2. The van der Waals surface area contributed by atoms with Crippen molar-refractivity contribution in [3.05, 3.63) is 29.3 Å². The highest BCUT2D eigenvalue weighted by atomic mass is 35.5. The van der Waals surface area contributed by atoms with E-state index < -0.39 is 0 Å². The number of carbonyl (C=O) groups excluding carboxylic acids is 1. The van der Waals surface area contributed by atoms with E-state index in [4.69, 9.17) is 16.3 Å². The molecule has 0 heterocycles. The molecule has 1 N–H and O–H groups in total. The van der Waals surface area contributed by atoms with Crippen LogP contribution in [0.4, 0.5) is 0 Å². The summed E-state index contributed by atoms with van der Waals surface area (Å²) in [6, 6.07) is 7.03. The standard InChI is InChI=1S/C18H27ClN2O2/c1-21(2)18(11-5-3-4-6-12-18)14-20-17(22)13-23-16-9-7-15(19)8-10-16/h7-10H,3-6,11-14H2,1-2H3,(H,20,22). The van der Waals surface area contributed by atoms with Crippen LogP contribution in [-0.4, -0.2) is 43.6 Å². The van der Waals surface area contributed by atoms with E-state index in [-0.39, 0.29) is 18.1 Å². The molecule has 2 rings (SSSR count). The van der Waals surface area contributed by atoms with Crippen LogP contribution >= 0.6 is 11.6 Å². The van der Waals surface area contributed by atoms with Crippen LogP contribution in [0.15, 0.2) is 24.3 Å². The molecule has 1 saturated carbocycles. The number of hydrogen-bond donors (Lipinski definition) is 1. The molecule has 23 heavy (non-hydrogen) atoms. The maximum Gasteiger partial charge on any atom is 0.258 e. The summed E-state index contributed by atoms with van der Waals surface area (Å²) in [5.74, 6) is 0.576. The van der Waals surface area contributed by atoms with Crippen molar-refractivity contribution in [2.24, 2.45) is 0 Å². The first kappa shape index (κ1) is 18.1. The van der Waals surface area contributed by atoms with Gasteiger partial charge in [-0.1, -0.05) is 37.3 Å². The van der Waals surface area contributed by atoms with Crippen molar-refractivity contribution in [2.75, 3.05) is 27.2 Å². The van der Waals surface area contributed by atoms with Gasteiger partial charge in [-0.25, -0.2) is 0 Å². The number of nitrogens with one attached hydrogen (secondary N) is 1. The molecule has 0 unspecified atom stereocenters. The van der Waals surface area contributed by atoms with Gasteiger partial charge in [0.15, 0.2) is 6.61 Å². The molecule has 0 aromatic heterocycles. The molecular weight excluding hydrogens is 312 g/mol. The number of halogens is 1. The molecule has 0 radical (unpaired) electrons. The van der Waals surface area contributed by atoms with Gasteiger partial charge in [-0.15, -0.1) is 0 Å². The Kier molecular flexibility index (Phi) is 6.72. The van der Waals surface area contributed by atoms with Gasteiger partial charge in [0.2, 0.25) is 0 Å². The van der Waals surface area contributed by atoms with Gasteiger partial charge in [0, 0.05) is 17.1 Å². The Bertz CT molecular complexity index is 494. The molecule has 1 aromatic carbocycles. The fraction of sp³-hybridized carbons (Fsp3) is 0.611. The molecule has 0 aliphatic heterocycles. The van der Waals surface area contributed by atoms with E-state index in [0.29, 0.717) is 17.3 Å². The lowest BCUT2D eigenvalue weighted by molar-refractivity contribution is -0.123. The smallest absolute Gasteiger partial charge is 0.258 e. The van der Waals surface area contributed by atoms with Crippen LogP contribution in [0.3, 0.4) is 0 Å². The molecule has 1 aliphatic rings. The zero-order chi connectivity index (χ0) is 16.7. The average molecular weight is 339 g/mol. The zero-order valence-corrected chi connectivity index (χ0v) is 14.9. The Morgan fingerprint density at radius 3 is 2.35 bits per heavy atom. The number of carbonyl (C=O) groups is 1. The molecule has 0 spiro atoms. The fourth-order valence-electron chi connectivity index (χ4n) is 3.16. The van der Waals surface area contributed by atoms with E-state index in [1.54, 1.807) is 24.3 Å². The Morgan fingerprint density at radius 2 is 1.78 bits per heavy atom. The Morgan fingerprint density at radius 1 is 1.17 bits per heavy atom. The molecule has 0 atom stereocenters. The predicted octanol–water partition coefficient (Wildman–Crippen LogP) is 3.49. The van der Waals surface area contributed by atoms with E-state index in [0.717, 1.165) is 12.8 Å². The Balaban J connectivity index is 1.82. The average Bonchev–Trinajstić information content (AvgIpc) is 2.79. The van der Waals surface area contributed by atoms with E-state index in [1.165, 1.54) is 25.7 Å². The van der Waals surface area contributed by atoms with Crippen LogP contribution < -0.4 is 10.1 Å². The van der Waals surface area contributed by atoms with Gasteiger partial charge in [0.25, 0.3) is 5.91 Å². The summed E-state index contributed by atoms with van der Waals surface area (Å²) in [6.45, 7) is 0.716. The highest BCUT2D eigenvalue weighted by molar-refractivity contribution is 6.30. The van der Waals surface area contributed by atoms with Crippen molar-refractivity contribution in [1.82, 2.24) is 10.2 Å². The topological polar surface area (TPSA) is 41.6 Å². The largest absolute Gasteiger partial charge is 0.484 e. The number of rotatable bonds is 6. The third-order valence-electron chi connectivity index (χ3n) is 4.78. The number of nitrogens with zero attached hydrogens (tertiary/aromatic N) is 1. The summed E-state index contributed by atoms with van der Waals surface area (Å²) in [7, 11) is 4.23. The van der Waals surface area contributed by atoms with Crippen LogP contribution in [0.25, 0.3) is 0 Å². The second-order valence-electron chi connectivity index (χ2n) is 6.55. The zero-order valence-electron chi connectivity index (χ0n) is 14.1. The van der Waals surface area contributed by atoms with Crippen molar-refractivity contribution in [3.8, 4) is 5.75 Å². The maximum atomic E-state index is 12.1. The SMILES string of the molecule is CN(C)C1(CNC(=O)COc2ccc(Cl)cc2)CCCCCC1. The van der Waals surface area contributed by atoms with E-state index >= 15 is 0 Å². The summed E-state index contributed by atoms with van der Waals surface area (Å²) in [5.41, 5.74) is 0.0758. The van der Waals surface area contributed by atoms with Crippen LogP contribution in [0.5, 0.6) is 5.75 Å². The van der Waals surface area contributed by atoms with Crippen LogP contribution in [0.1, 0.15) is 38.5 Å². The van der Waals surface area contributed by atoms with Crippen molar-refractivity contribution >= 4 is 17.5 Å². The number of amides is 1. The lowest BCUT2D eigenvalue weighted by Gasteiger charge is -2.39. The number of ether oxygens (including phenoxy) is 1. The molecule has 5 heteroatoms. The highest BCUT2D eigenvalue weighted by Crippen LogP contribution is 2.30. The summed E-state index contributed by atoms with van der Waals surface area (Å²) >= 11 is 5.83. The van der Waals surface area contributed by atoms with Crippen LogP contribution in [0.2, 0.25) is 5.02 Å². The molecule has 128 valence electrons. The quantitative estimate of drug-likeness (QED) is 0.807. The Labute approximate surface area is 144 Å². The first-order valence-electron chi connectivity index (χ1n) is 8.34. The normalized spacial score (nSPS) is 17.6. The second-order valence-corrected chi connectivity index (χ2v) is 6.99. The minimum absolute atomic E-state index is 0.0329. The van der Waals surface area contributed by atoms with Crippen LogP contribution in [0, 0.1) is 0 Å². The summed E-state index contributed by atoms with van der Waals surface area (Å²) in [4.78, 5) is 14.4. The van der Waals surface area contributed by atoms with Crippen molar-refractivity contribution in [2.45, 2.75) is 44.1 Å². The lowest BCUT2D eigenvalue weighted by Crippen LogP contribution is -2.53. The summed E-state index contributed by atoms with van der Waals surface area (Å²) in [6.07, 6.45) is 7.33. The minimum atomic E-state index is -0.0783. The molecule has 1 aromatic rings. The maximum absolute atomic E-state index is 12.1. The van der Waals surface area contributed by atoms with E-state index in [9.17, 15) is 4.79 Å². The molecule has 4 nitrogen and oxygen atoms in total. The van der Waals surface area contributed by atoms with Gasteiger partial charge in [-0.05, 0) is 51.2 Å². The number of benzene rings is 1. The van der Waals surface area contributed by atoms with Gasteiger partial charge in [0.05, 0.1) is 0 Å². The lowest BCUT2D eigenvalue weighted by atomic mass is 9.88.